The monoisotopic (exact) mass is 318 g/mol. The quantitative estimate of drug-likeness (QED) is 0.752. The van der Waals surface area contributed by atoms with Crippen molar-refractivity contribution in [3.05, 3.63) is 78.4 Å². The van der Waals surface area contributed by atoms with Crippen molar-refractivity contribution in [3.8, 4) is 0 Å². The molecule has 3 rings (SSSR count). The highest BCUT2D eigenvalue weighted by Gasteiger charge is 2.28. The summed E-state index contributed by atoms with van der Waals surface area (Å²) >= 11 is 0. The Morgan fingerprint density at radius 3 is 2.21 bits per heavy atom. The Bertz CT molecular complexity index is 885. The van der Waals surface area contributed by atoms with Crippen LogP contribution in [0.3, 0.4) is 0 Å². The van der Waals surface area contributed by atoms with Gasteiger partial charge >= 0.3 is 11.8 Å². The smallest absolute Gasteiger partial charge is 0.316 e. The van der Waals surface area contributed by atoms with E-state index in [0.717, 1.165) is 16.3 Å². The van der Waals surface area contributed by atoms with Crippen molar-refractivity contribution in [2.45, 2.75) is 13.0 Å². The number of rotatable bonds is 3. The molecule has 0 aliphatic rings. The van der Waals surface area contributed by atoms with Crippen molar-refractivity contribution in [1.82, 2.24) is 0 Å². The molecule has 0 unspecified atom stereocenters. The van der Waals surface area contributed by atoms with E-state index in [-0.39, 0.29) is 6.04 Å². The maximum absolute atomic E-state index is 12.6. The zero-order valence-corrected chi connectivity index (χ0v) is 13.3. The molecule has 4 nitrogen and oxygen atoms in total. The molecule has 120 valence electrons. The van der Waals surface area contributed by atoms with Crippen molar-refractivity contribution in [2.75, 3.05) is 4.90 Å². The molecular formula is C20H18N2O2. The fourth-order valence-corrected chi connectivity index (χ4v) is 2.91. The first-order chi connectivity index (χ1) is 11.6. The van der Waals surface area contributed by atoms with Crippen LogP contribution in [0, 0.1) is 0 Å². The second kappa shape index (κ2) is 6.54. The van der Waals surface area contributed by atoms with Crippen LogP contribution in [0.2, 0.25) is 0 Å². The second-order valence-corrected chi connectivity index (χ2v) is 5.62. The molecule has 0 saturated heterocycles. The maximum atomic E-state index is 12.6. The molecule has 2 N–H and O–H groups in total. The zero-order chi connectivity index (χ0) is 17.1. The summed E-state index contributed by atoms with van der Waals surface area (Å²) in [6.45, 7) is 1.89. The Hall–Kier alpha value is -3.14. The van der Waals surface area contributed by atoms with E-state index in [2.05, 4.69) is 0 Å². The normalized spacial score (nSPS) is 11.9. The number of anilines is 1. The third-order valence-electron chi connectivity index (χ3n) is 4.13. The number of primary amides is 1. The fraction of sp³-hybridized carbons (Fsp3) is 0.100. The van der Waals surface area contributed by atoms with Crippen molar-refractivity contribution in [3.63, 3.8) is 0 Å². The summed E-state index contributed by atoms with van der Waals surface area (Å²) in [4.78, 5) is 25.6. The second-order valence-electron chi connectivity index (χ2n) is 5.62. The van der Waals surface area contributed by atoms with E-state index in [0.29, 0.717) is 5.69 Å². The van der Waals surface area contributed by atoms with Gasteiger partial charge in [-0.3, -0.25) is 14.5 Å². The molecular weight excluding hydrogens is 300 g/mol. The first-order valence-electron chi connectivity index (χ1n) is 7.75. The van der Waals surface area contributed by atoms with E-state index in [1.54, 1.807) is 0 Å². The minimum atomic E-state index is -0.967. The van der Waals surface area contributed by atoms with Gasteiger partial charge in [0.05, 0.1) is 11.7 Å². The van der Waals surface area contributed by atoms with Crippen LogP contribution in [-0.2, 0) is 9.59 Å². The number of carbonyl (C=O) groups excluding carboxylic acids is 2. The van der Waals surface area contributed by atoms with Crippen LogP contribution < -0.4 is 10.6 Å². The Morgan fingerprint density at radius 1 is 0.875 bits per heavy atom. The predicted molar refractivity (Wildman–Crippen MR) is 95.5 cm³/mol. The lowest BCUT2D eigenvalue weighted by atomic mass is 10.0. The predicted octanol–water partition coefficient (Wildman–Crippen LogP) is 3.42. The Morgan fingerprint density at radius 2 is 1.50 bits per heavy atom. The molecule has 3 aromatic rings. The molecule has 1 atom stereocenters. The summed E-state index contributed by atoms with van der Waals surface area (Å²) in [5.74, 6) is -1.69. The van der Waals surface area contributed by atoms with Gasteiger partial charge in [0.1, 0.15) is 0 Å². The first-order valence-corrected chi connectivity index (χ1v) is 7.75. The van der Waals surface area contributed by atoms with Crippen LogP contribution in [0.5, 0.6) is 0 Å². The topological polar surface area (TPSA) is 63.4 Å². The number of fused-ring (bicyclic) bond motifs is 1. The van der Waals surface area contributed by atoms with Gasteiger partial charge < -0.3 is 5.73 Å². The summed E-state index contributed by atoms with van der Waals surface area (Å²) in [7, 11) is 0. The van der Waals surface area contributed by atoms with E-state index in [4.69, 9.17) is 5.73 Å². The van der Waals surface area contributed by atoms with Gasteiger partial charge in [0, 0.05) is 5.39 Å². The summed E-state index contributed by atoms with van der Waals surface area (Å²) in [5.41, 5.74) is 6.91. The van der Waals surface area contributed by atoms with Gasteiger partial charge in [-0.1, -0.05) is 66.7 Å². The average Bonchev–Trinajstić information content (AvgIpc) is 2.62. The average molecular weight is 318 g/mol. The molecule has 0 radical (unpaired) electrons. The number of hydrogen-bond acceptors (Lipinski definition) is 2. The van der Waals surface area contributed by atoms with Crippen LogP contribution in [0.4, 0.5) is 5.69 Å². The van der Waals surface area contributed by atoms with Crippen LogP contribution in [-0.4, -0.2) is 11.8 Å². The maximum Gasteiger partial charge on any atom is 0.316 e. The standard InChI is InChI=1S/C20H18N2O2/c1-14(15-8-3-2-4-9-15)22(20(24)19(21)23)18-13-7-11-16-10-5-6-12-17(16)18/h2-14H,1H3,(H2,21,23)/t14-/m1/s1. The van der Waals surface area contributed by atoms with Crippen LogP contribution in [0.15, 0.2) is 72.8 Å². The van der Waals surface area contributed by atoms with Crippen molar-refractivity contribution < 1.29 is 9.59 Å². The minimum absolute atomic E-state index is 0.322. The number of amides is 2. The lowest BCUT2D eigenvalue weighted by Gasteiger charge is -2.29. The summed E-state index contributed by atoms with van der Waals surface area (Å²) in [6, 6.07) is 22.7. The van der Waals surface area contributed by atoms with Gasteiger partial charge in [-0.05, 0) is 23.9 Å². The Kier molecular flexibility index (Phi) is 4.29. The summed E-state index contributed by atoms with van der Waals surface area (Å²) < 4.78 is 0. The molecule has 2 amide bonds. The molecule has 0 saturated carbocycles. The molecule has 24 heavy (non-hydrogen) atoms. The highest BCUT2D eigenvalue weighted by molar-refractivity contribution is 6.40. The number of benzene rings is 3. The minimum Gasteiger partial charge on any atom is -0.361 e. The molecule has 0 bridgehead atoms. The Balaban J connectivity index is 2.18. The van der Waals surface area contributed by atoms with Gasteiger partial charge in [-0.25, -0.2) is 0 Å². The molecule has 4 heteroatoms. The largest absolute Gasteiger partial charge is 0.361 e. The van der Waals surface area contributed by atoms with E-state index in [9.17, 15) is 9.59 Å². The number of nitrogens with two attached hydrogens (primary N) is 1. The SMILES string of the molecule is C[C@H](c1ccccc1)N(C(=O)C(N)=O)c1cccc2ccccc12. The Labute approximate surface area is 140 Å². The van der Waals surface area contributed by atoms with E-state index in [1.165, 1.54) is 4.90 Å². The molecule has 3 aromatic carbocycles. The van der Waals surface area contributed by atoms with Gasteiger partial charge in [-0.2, -0.15) is 0 Å². The zero-order valence-electron chi connectivity index (χ0n) is 13.3. The summed E-state index contributed by atoms with van der Waals surface area (Å²) in [6.07, 6.45) is 0. The highest BCUT2D eigenvalue weighted by Crippen LogP contribution is 2.33. The first kappa shape index (κ1) is 15.7. The van der Waals surface area contributed by atoms with Crippen LogP contribution in [0.25, 0.3) is 10.8 Å². The van der Waals surface area contributed by atoms with E-state index in [1.807, 2.05) is 79.7 Å². The van der Waals surface area contributed by atoms with E-state index < -0.39 is 11.8 Å². The summed E-state index contributed by atoms with van der Waals surface area (Å²) in [5, 5.41) is 1.90. The van der Waals surface area contributed by atoms with Crippen molar-refractivity contribution >= 4 is 28.3 Å². The van der Waals surface area contributed by atoms with Gasteiger partial charge in [0.25, 0.3) is 0 Å². The number of nitrogens with zero attached hydrogens (tertiary/aromatic N) is 1. The molecule has 0 spiro atoms. The third-order valence-corrected chi connectivity index (χ3v) is 4.13. The van der Waals surface area contributed by atoms with Crippen LogP contribution >= 0.6 is 0 Å². The molecule has 0 aliphatic heterocycles. The number of carbonyl (C=O) groups is 2. The molecule has 0 heterocycles. The highest BCUT2D eigenvalue weighted by atomic mass is 16.2. The van der Waals surface area contributed by atoms with Gasteiger partial charge in [0.15, 0.2) is 0 Å². The van der Waals surface area contributed by atoms with Crippen molar-refractivity contribution in [2.24, 2.45) is 5.73 Å². The molecule has 0 aliphatic carbocycles. The fourth-order valence-electron chi connectivity index (χ4n) is 2.91. The van der Waals surface area contributed by atoms with Crippen molar-refractivity contribution in [1.29, 1.82) is 0 Å². The molecule has 0 aromatic heterocycles. The molecule has 0 fully saturated rings. The van der Waals surface area contributed by atoms with Gasteiger partial charge in [0.2, 0.25) is 0 Å². The van der Waals surface area contributed by atoms with Crippen LogP contribution in [0.1, 0.15) is 18.5 Å². The van der Waals surface area contributed by atoms with E-state index >= 15 is 0 Å². The third kappa shape index (κ3) is 2.86. The number of hydrogen-bond donors (Lipinski definition) is 1. The lowest BCUT2D eigenvalue weighted by Crippen LogP contribution is -2.42. The lowest BCUT2D eigenvalue weighted by molar-refractivity contribution is -0.135. The van der Waals surface area contributed by atoms with Gasteiger partial charge in [-0.15, -0.1) is 0 Å².